The molecule has 0 spiro atoms. The van der Waals surface area contributed by atoms with Gasteiger partial charge in [-0.2, -0.15) is 0 Å². The van der Waals surface area contributed by atoms with Gasteiger partial charge in [-0.1, -0.05) is 0 Å². The van der Waals surface area contributed by atoms with E-state index in [9.17, 15) is 4.79 Å². The van der Waals surface area contributed by atoms with Gasteiger partial charge in [0.15, 0.2) is 5.13 Å². The van der Waals surface area contributed by atoms with Gasteiger partial charge in [-0.25, -0.2) is 4.98 Å². The van der Waals surface area contributed by atoms with Gasteiger partial charge in [-0.15, -0.1) is 11.3 Å². The molecule has 104 valence electrons. The van der Waals surface area contributed by atoms with Gasteiger partial charge in [0.05, 0.1) is 30.9 Å². The Morgan fingerprint density at radius 2 is 2.26 bits per heavy atom. The summed E-state index contributed by atoms with van der Waals surface area (Å²) in [6.07, 6.45) is 3.29. The lowest BCUT2D eigenvalue weighted by Crippen LogP contribution is -2.42. The molecule has 5 nitrogen and oxygen atoms in total. The number of nitrogens with zero attached hydrogens (tertiary/aromatic N) is 2. The summed E-state index contributed by atoms with van der Waals surface area (Å²) in [6, 6.07) is 0. The Hall–Kier alpha value is -1.14. The summed E-state index contributed by atoms with van der Waals surface area (Å²) >= 11 is 1.60. The summed E-state index contributed by atoms with van der Waals surface area (Å²) in [6.45, 7) is 4.07. The van der Waals surface area contributed by atoms with Crippen LogP contribution in [0, 0.1) is 0 Å². The van der Waals surface area contributed by atoms with Gasteiger partial charge in [-0.05, 0) is 19.8 Å². The Kier molecular flexibility index (Phi) is 3.70. The fourth-order valence-corrected chi connectivity index (χ4v) is 3.50. The van der Waals surface area contributed by atoms with Gasteiger partial charge in [0, 0.05) is 18.5 Å². The third kappa shape index (κ3) is 2.90. The molecule has 0 N–H and O–H groups in total. The Bertz CT molecular complexity index is 450. The van der Waals surface area contributed by atoms with E-state index in [1.807, 2.05) is 12.3 Å². The fourth-order valence-electron chi connectivity index (χ4n) is 2.65. The van der Waals surface area contributed by atoms with E-state index >= 15 is 0 Å². The number of hydrogen-bond acceptors (Lipinski definition) is 6. The van der Waals surface area contributed by atoms with Crippen molar-refractivity contribution in [3.8, 4) is 0 Å². The highest BCUT2D eigenvalue weighted by molar-refractivity contribution is 7.13. The number of morpholine rings is 1. The molecule has 2 unspecified atom stereocenters. The van der Waals surface area contributed by atoms with Crippen LogP contribution in [-0.4, -0.2) is 42.9 Å². The summed E-state index contributed by atoms with van der Waals surface area (Å²) in [7, 11) is 0. The third-order valence-corrected chi connectivity index (χ3v) is 4.43. The van der Waals surface area contributed by atoms with Crippen LogP contribution >= 0.6 is 11.3 Å². The molecule has 2 fully saturated rings. The number of aromatic nitrogens is 1. The minimum Gasteiger partial charge on any atom is -0.466 e. The van der Waals surface area contributed by atoms with Gasteiger partial charge in [0.25, 0.3) is 0 Å². The van der Waals surface area contributed by atoms with Crippen LogP contribution in [0.2, 0.25) is 0 Å². The topological polar surface area (TPSA) is 51.7 Å². The summed E-state index contributed by atoms with van der Waals surface area (Å²) in [4.78, 5) is 18.2. The maximum Gasteiger partial charge on any atom is 0.311 e. The highest BCUT2D eigenvalue weighted by atomic mass is 32.1. The van der Waals surface area contributed by atoms with Crippen LogP contribution in [-0.2, 0) is 20.7 Å². The van der Waals surface area contributed by atoms with Crippen molar-refractivity contribution in [3.63, 3.8) is 0 Å². The molecule has 2 aliphatic heterocycles. The third-order valence-electron chi connectivity index (χ3n) is 3.48. The molecule has 0 saturated carbocycles. The van der Waals surface area contributed by atoms with Crippen LogP contribution < -0.4 is 4.90 Å². The van der Waals surface area contributed by atoms with E-state index in [2.05, 4.69) is 9.88 Å². The molecule has 1 aromatic rings. The standard InChI is InChI=1S/C13H18N2O3S/c1-2-17-12(16)5-9-8-19-13(14-9)15-6-10-3-4-11(7-15)18-10/h8,10-11H,2-7H2,1H3. The SMILES string of the molecule is CCOC(=O)Cc1csc(N2CC3CCC(C2)O3)n1. The number of esters is 1. The van der Waals surface area contributed by atoms with Crippen molar-refractivity contribution in [1.29, 1.82) is 0 Å². The van der Waals surface area contributed by atoms with Crippen LogP contribution in [0.3, 0.4) is 0 Å². The average Bonchev–Trinajstić information content (AvgIpc) is 2.97. The zero-order chi connectivity index (χ0) is 13.2. The summed E-state index contributed by atoms with van der Waals surface area (Å²) < 4.78 is 10.8. The molecular formula is C13H18N2O3S. The Balaban J connectivity index is 1.63. The maximum atomic E-state index is 11.4. The quantitative estimate of drug-likeness (QED) is 0.785. The summed E-state index contributed by atoms with van der Waals surface area (Å²) in [5.41, 5.74) is 0.803. The second-order valence-corrected chi connectivity index (χ2v) is 5.80. The lowest BCUT2D eigenvalue weighted by atomic mass is 10.2. The molecule has 0 radical (unpaired) electrons. The first-order chi connectivity index (χ1) is 9.24. The van der Waals surface area contributed by atoms with Crippen molar-refractivity contribution in [2.45, 2.75) is 38.4 Å². The molecular weight excluding hydrogens is 264 g/mol. The molecule has 3 rings (SSSR count). The van der Waals surface area contributed by atoms with Crippen molar-refractivity contribution in [2.24, 2.45) is 0 Å². The summed E-state index contributed by atoms with van der Waals surface area (Å²) in [5.74, 6) is -0.207. The zero-order valence-corrected chi connectivity index (χ0v) is 11.8. The van der Waals surface area contributed by atoms with Crippen molar-refractivity contribution in [3.05, 3.63) is 11.1 Å². The molecule has 6 heteroatoms. The number of hydrogen-bond donors (Lipinski definition) is 0. The first kappa shape index (κ1) is 12.9. The van der Waals surface area contributed by atoms with Gasteiger partial charge in [0.1, 0.15) is 0 Å². The molecule has 19 heavy (non-hydrogen) atoms. The number of anilines is 1. The number of carbonyl (C=O) groups excluding carboxylic acids is 1. The predicted octanol–water partition coefficient (Wildman–Crippen LogP) is 1.62. The number of thiazole rings is 1. The van der Waals surface area contributed by atoms with E-state index in [1.165, 1.54) is 0 Å². The smallest absolute Gasteiger partial charge is 0.311 e. The molecule has 2 saturated heterocycles. The monoisotopic (exact) mass is 282 g/mol. The molecule has 2 aliphatic rings. The van der Waals surface area contributed by atoms with Crippen LogP contribution in [0.15, 0.2) is 5.38 Å². The first-order valence-electron chi connectivity index (χ1n) is 6.75. The summed E-state index contributed by atoms with van der Waals surface area (Å²) in [5, 5.41) is 2.95. The van der Waals surface area contributed by atoms with E-state index in [1.54, 1.807) is 11.3 Å². The van der Waals surface area contributed by atoms with Gasteiger partial charge in [0.2, 0.25) is 0 Å². The molecule has 2 atom stereocenters. The van der Waals surface area contributed by atoms with E-state index in [-0.39, 0.29) is 12.4 Å². The Morgan fingerprint density at radius 3 is 2.95 bits per heavy atom. The van der Waals surface area contributed by atoms with E-state index in [0.29, 0.717) is 18.8 Å². The van der Waals surface area contributed by atoms with Gasteiger partial charge in [-0.3, -0.25) is 4.79 Å². The second-order valence-electron chi connectivity index (χ2n) is 4.97. The predicted molar refractivity (Wildman–Crippen MR) is 72.6 cm³/mol. The highest BCUT2D eigenvalue weighted by Gasteiger charge is 2.34. The van der Waals surface area contributed by atoms with Crippen molar-refractivity contribution >= 4 is 22.4 Å². The lowest BCUT2D eigenvalue weighted by Gasteiger charge is -2.31. The first-order valence-corrected chi connectivity index (χ1v) is 7.63. The maximum absolute atomic E-state index is 11.4. The molecule has 3 heterocycles. The number of ether oxygens (including phenoxy) is 2. The van der Waals surface area contributed by atoms with Crippen LogP contribution in [0.25, 0.3) is 0 Å². The number of carbonyl (C=O) groups is 1. The van der Waals surface area contributed by atoms with E-state index < -0.39 is 0 Å². The number of fused-ring (bicyclic) bond motifs is 2. The van der Waals surface area contributed by atoms with Crippen molar-refractivity contribution in [2.75, 3.05) is 24.6 Å². The number of rotatable bonds is 4. The van der Waals surface area contributed by atoms with Crippen LogP contribution in [0.4, 0.5) is 5.13 Å². The van der Waals surface area contributed by atoms with Crippen molar-refractivity contribution in [1.82, 2.24) is 4.98 Å². The molecule has 0 aromatic carbocycles. The highest BCUT2D eigenvalue weighted by Crippen LogP contribution is 2.31. The normalized spacial score (nSPS) is 25.6. The van der Waals surface area contributed by atoms with Crippen LogP contribution in [0.5, 0.6) is 0 Å². The second kappa shape index (κ2) is 5.46. The molecule has 0 amide bonds. The van der Waals surface area contributed by atoms with E-state index in [4.69, 9.17) is 9.47 Å². The molecule has 1 aromatic heterocycles. The molecule has 2 bridgehead atoms. The van der Waals surface area contributed by atoms with Crippen LogP contribution in [0.1, 0.15) is 25.5 Å². The van der Waals surface area contributed by atoms with E-state index in [0.717, 1.165) is 36.8 Å². The van der Waals surface area contributed by atoms with Crippen molar-refractivity contribution < 1.29 is 14.3 Å². The van der Waals surface area contributed by atoms with Gasteiger partial charge >= 0.3 is 5.97 Å². The lowest BCUT2D eigenvalue weighted by molar-refractivity contribution is -0.142. The Morgan fingerprint density at radius 1 is 1.53 bits per heavy atom. The minimum absolute atomic E-state index is 0.207. The Labute approximate surface area is 116 Å². The average molecular weight is 282 g/mol. The fraction of sp³-hybridized carbons (Fsp3) is 0.692. The van der Waals surface area contributed by atoms with Gasteiger partial charge < -0.3 is 14.4 Å². The largest absolute Gasteiger partial charge is 0.466 e. The zero-order valence-electron chi connectivity index (χ0n) is 11.0. The molecule has 0 aliphatic carbocycles. The minimum atomic E-state index is -0.207.